The molecule has 0 bridgehead atoms. The van der Waals surface area contributed by atoms with Crippen LogP contribution in [-0.4, -0.2) is 22.8 Å². The number of aromatic amines is 1. The van der Waals surface area contributed by atoms with Crippen molar-refractivity contribution in [3.63, 3.8) is 0 Å². The van der Waals surface area contributed by atoms with Crippen LogP contribution >= 0.6 is 0 Å². The molecule has 1 aromatic heterocycles. The van der Waals surface area contributed by atoms with Gasteiger partial charge in [-0.3, -0.25) is 5.10 Å². The minimum absolute atomic E-state index is 0.296. The maximum Gasteiger partial charge on any atom is 0.213 e. The van der Waals surface area contributed by atoms with Crippen molar-refractivity contribution in [3.8, 4) is 17.3 Å². The first-order chi connectivity index (χ1) is 14.1. The van der Waals surface area contributed by atoms with E-state index in [1.165, 1.54) is 5.69 Å². The SMILES string of the molecule is CCC(C)N(CC)c1ccc(N=Nc2n[nH]c(-c3ccccc3)c2C#N)c(C)c1. The fraction of sp³-hybridized carbons (Fsp3) is 0.304. The summed E-state index contributed by atoms with van der Waals surface area (Å²) in [4.78, 5) is 2.38. The molecule has 29 heavy (non-hydrogen) atoms. The van der Waals surface area contributed by atoms with Gasteiger partial charge in [0.25, 0.3) is 0 Å². The second-order valence-electron chi connectivity index (χ2n) is 6.99. The fourth-order valence-electron chi connectivity index (χ4n) is 3.33. The normalized spacial score (nSPS) is 12.1. The molecule has 0 spiro atoms. The number of hydrogen-bond acceptors (Lipinski definition) is 5. The van der Waals surface area contributed by atoms with Crippen LogP contribution in [-0.2, 0) is 0 Å². The summed E-state index contributed by atoms with van der Waals surface area (Å²) in [6.07, 6.45) is 1.09. The molecule has 1 heterocycles. The molecule has 0 aliphatic heterocycles. The number of nitriles is 1. The highest BCUT2D eigenvalue weighted by atomic mass is 15.2. The molecule has 2 aromatic carbocycles. The van der Waals surface area contributed by atoms with Crippen LogP contribution < -0.4 is 4.90 Å². The van der Waals surface area contributed by atoms with Gasteiger partial charge in [-0.1, -0.05) is 37.3 Å². The van der Waals surface area contributed by atoms with Crippen LogP contribution in [0.15, 0.2) is 58.8 Å². The zero-order chi connectivity index (χ0) is 20.8. The lowest BCUT2D eigenvalue weighted by molar-refractivity contribution is 0.630. The number of nitrogens with one attached hydrogen (secondary N) is 1. The van der Waals surface area contributed by atoms with Crippen molar-refractivity contribution < 1.29 is 0 Å². The van der Waals surface area contributed by atoms with Crippen molar-refractivity contribution in [2.45, 2.75) is 40.2 Å². The molecule has 148 valence electrons. The Morgan fingerprint density at radius 2 is 1.90 bits per heavy atom. The molecule has 1 atom stereocenters. The maximum atomic E-state index is 9.58. The van der Waals surface area contributed by atoms with E-state index in [4.69, 9.17) is 0 Å². The molecular weight excluding hydrogens is 360 g/mol. The van der Waals surface area contributed by atoms with E-state index in [9.17, 15) is 5.26 Å². The number of anilines is 1. The highest BCUT2D eigenvalue weighted by molar-refractivity contribution is 5.71. The molecule has 0 amide bonds. The van der Waals surface area contributed by atoms with E-state index in [2.05, 4.69) is 64.3 Å². The first-order valence-electron chi connectivity index (χ1n) is 9.91. The molecule has 1 N–H and O–H groups in total. The summed E-state index contributed by atoms with van der Waals surface area (Å²) in [5.74, 6) is 0.296. The number of aromatic nitrogens is 2. The molecule has 0 radical (unpaired) electrons. The van der Waals surface area contributed by atoms with Gasteiger partial charge in [-0.05, 0) is 51.0 Å². The summed E-state index contributed by atoms with van der Waals surface area (Å²) >= 11 is 0. The third kappa shape index (κ3) is 4.35. The van der Waals surface area contributed by atoms with Crippen molar-refractivity contribution in [1.82, 2.24) is 10.2 Å². The van der Waals surface area contributed by atoms with E-state index in [1.807, 2.05) is 43.3 Å². The highest BCUT2D eigenvalue weighted by Gasteiger charge is 2.15. The zero-order valence-corrected chi connectivity index (χ0v) is 17.3. The van der Waals surface area contributed by atoms with Crippen LogP contribution in [0.3, 0.4) is 0 Å². The van der Waals surface area contributed by atoms with Crippen LogP contribution in [0.4, 0.5) is 17.2 Å². The van der Waals surface area contributed by atoms with E-state index < -0.39 is 0 Å². The molecule has 0 saturated heterocycles. The zero-order valence-electron chi connectivity index (χ0n) is 17.3. The van der Waals surface area contributed by atoms with Crippen molar-refractivity contribution in [2.24, 2.45) is 10.2 Å². The van der Waals surface area contributed by atoms with Crippen molar-refractivity contribution in [3.05, 3.63) is 59.7 Å². The molecule has 0 aliphatic rings. The van der Waals surface area contributed by atoms with Crippen molar-refractivity contribution in [1.29, 1.82) is 5.26 Å². The largest absolute Gasteiger partial charge is 0.369 e. The first kappa shape index (κ1) is 20.3. The third-order valence-electron chi connectivity index (χ3n) is 5.15. The Morgan fingerprint density at radius 3 is 2.52 bits per heavy atom. The van der Waals surface area contributed by atoms with Gasteiger partial charge in [-0.15, -0.1) is 10.2 Å². The van der Waals surface area contributed by atoms with E-state index in [1.54, 1.807) is 0 Å². The average molecular weight is 387 g/mol. The van der Waals surface area contributed by atoms with Gasteiger partial charge in [0.2, 0.25) is 5.82 Å². The van der Waals surface area contributed by atoms with Crippen LogP contribution in [0.2, 0.25) is 0 Å². The molecule has 1 unspecified atom stereocenters. The quantitative estimate of drug-likeness (QED) is 0.484. The van der Waals surface area contributed by atoms with Gasteiger partial charge >= 0.3 is 0 Å². The lowest BCUT2D eigenvalue weighted by Crippen LogP contribution is -2.32. The molecule has 3 rings (SSSR count). The molecule has 6 heteroatoms. The number of nitrogens with zero attached hydrogens (tertiary/aromatic N) is 5. The Labute approximate surface area is 171 Å². The summed E-state index contributed by atoms with van der Waals surface area (Å²) in [7, 11) is 0. The van der Waals surface area contributed by atoms with Gasteiger partial charge < -0.3 is 4.90 Å². The summed E-state index contributed by atoms with van der Waals surface area (Å²) in [6, 6.07) is 18.5. The van der Waals surface area contributed by atoms with Gasteiger partial charge in [0.1, 0.15) is 11.6 Å². The first-order valence-corrected chi connectivity index (χ1v) is 9.91. The van der Waals surface area contributed by atoms with Gasteiger partial charge in [-0.2, -0.15) is 10.4 Å². The summed E-state index contributed by atoms with van der Waals surface area (Å²) in [6.45, 7) is 9.57. The Morgan fingerprint density at radius 1 is 1.14 bits per heavy atom. The average Bonchev–Trinajstić information content (AvgIpc) is 3.17. The third-order valence-corrected chi connectivity index (χ3v) is 5.15. The van der Waals surface area contributed by atoms with Crippen LogP contribution in [0.25, 0.3) is 11.3 Å². The number of rotatable bonds is 7. The Kier molecular flexibility index (Phi) is 6.40. The van der Waals surface area contributed by atoms with Crippen molar-refractivity contribution >= 4 is 17.2 Å². The van der Waals surface area contributed by atoms with Gasteiger partial charge in [0, 0.05) is 23.8 Å². The molecule has 0 fully saturated rings. The van der Waals surface area contributed by atoms with Gasteiger partial charge in [0.15, 0.2) is 0 Å². The van der Waals surface area contributed by atoms with Crippen LogP contribution in [0.5, 0.6) is 0 Å². The summed E-state index contributed by atoms with van der Waals surface area (Å²) in [5.41, 5.74) is 4.92. The minimum Gasteiger partial charge on any atom is -0.369 e. The molecule has 6 nitrogen and oxygen atoms in total. The van der Waals surface area contributed by atoms with E-state index in [-0.39, 0.29) is 0 Å². The number of hydrogen-bond donors (Lipinski definition) is 1. The Bertz CT molecular complexity index is 1030. The summed E-state index contributed by atoms with van der Waals surface area (Å²) < 4.78 is 0. The second kappa shape index (κ2) is 9.16. The number of azo groups is 1. The lowest BCUT2D eigenvalue weighted by Gasteiger charge is -2.29. The number of benzene rings is 2. The predicted octanol–water partition coefficient (Wildman–Crippen LogP) is 6.30. The van der Waals surface area contributed by atoms with Crippen LogP contribution in [0.1, 0.15) is 38.3 Å². The number of H-pyrrole nitrogens is 1. The molecular formula is C23H26N6. The highest BCUT2D eigenvalue weighted by Crippen LogP contribution is 2.31. The van der Waals surface area contributed by atoms with Crippen LogP contribution in [0, 0.1) is 18.3 Å². The smallest absolute Gasteiger partial charge is 0.213 e. The topological polar surface area (TPSA) is 80.4 Å². The summed E-state index contributed by atoms with van der Waals surface area (Å²) in [5, 5.41) is 25.3. The van der Waals surface area contributed by atoms with E-state index in [0.717, 1.165) is 29.8 Å². The number of aryl methyl sites for hydroxylation is 1. The Balaban J connectivity index is 1.87. The van der Waals surface area contributed by atoms with Gasteiger partial charge in [0.05, 0.1) is 11.4 Å². The van der Waals surface area contributed by atoms with E-state index >= 15 is 0 Å². The second-order valence-corrected chi connectivity index (χ2v) is 6.99. The molecule has 3 aromatic rings. The van der Waals surface area contributed by atoms with Crippen molar-refractivity contribution in [2.75, 3.05) is 11.4 Å². The fourth-order valence-corrected chi connectivity index (χ4v) is 3.33. The minimum atomic E-state index is 0.296. The Hall–Kier alpha value is -3.46. The van der Waals surface area contributed by atoms with Gasteiger partial charge in [-0.25, -0.2) is 0 Å². The lowest BCUT2D eigenvalue weighted by atomic mass is 10.1. The molecule has 0 aliphatic carbocycles. The maximum absolute atomic E-state index is 9.58. The molecule has 0 saturated carbocycles. The van der Waals surface area contributed by atoms with E-state index in [0.29, 0.717) is 23.1 Å². The standard InChI is InChI=1S/C23H26N6/c1-5-17(4)29(6-2)19-12-13-21(16(3)14-19)25-27-23-20(15-24)22(26-28-23)18-10-8-7-9-11-18/h7-14,17H,5-6H2,1-4H3,(H,26,28). The monoisotopic (exact) mass is 386 g/mol. The predicted molar refractivity (Wildman–Crippen MR) is 117 cm³/mol.